The number of carbonyl (C=O) groups excluding carboxylic acids is 2. The lowest BCUT2D eigenvalue weighted by Crippen LogP contribution is -2.52. The Morgan fingerprint density at radius 3 is 2.71 bits per heavy atom. The van der Waals surface area contributed by atoms with Crippen LogP contribution in [0.2, 0.25) is 0 Å². The first-order valence-electron chi connectivity index (χ1n) is 9.58. The van der Waals surface area contributed by atoms with Crippen molar-refractivity contribution in [3.8, 4) is 0 Å². The fourth-order valence-corrected chi connectivity index (χ4v) is 4.07. The van der Waals surface area contributed by atoms with E-state index in [0.29, 0.717) is 44.4 Å². The Morgan fingerprint density at radius 2 is 2.00 bits per heavy atom. The molecule has 3 rings (SSSR count). The summed E-state index contributed by atoms with van der Waals surface area (Å²) in [6.45, 7) is 7.59. The number of hydrogen-bond donors (Lipinski definition) is 2. The minimum atomic E-state index is -0.0667. The maximum Gasteiger partial charge on any atom is 0.317 e. The lowest BCUT2D eigenvalue weighted by atomic mass is 10.1. The van der Waals surface area contributed by atoms with E-state index in [2.05, 4.69) is 51.7 Å². The maximum atomic E-state index is 12.3. The van der Waals surface area contributed by atoms with Gasteiger partial charge < -0.3 is 15.5 Å². The number of aromatic nitrogens is 1. The Balaban J connectivity index is 1.44. The smallest absolute Gasteiger partial charge is 0.317 e. The summed E-state index contributed by atoms with van der Waals surface area (Å²) in [7, 11) is 0. The van der Waals surface area contributed by atoms with Gasteiger partial charge in [0.25, 0.3) is 0 Å². The van der Waals surface area contributed by atoms with Crippen molar-refractivity contribution in [3.05, 3.63) is 46.5 Å². The number of thiazole rings is 1. The largest absolute Gasteiger partial charge is 0.338 e. The van der Waals surface area contributed by atoms with Gasteiger partial charge in [-0.25, -0.2) is 9.78 Å². The topological polar surface area (TPSA) is 77.6 Å². The molecule has 2 heterocycles. The highest BCUT2D eigenvalue weighted by Crippen LogP contribution is 2.21. The van der Waals surface area contributed by atoms with E-state index in [0.717, 1.165) is 11.3 Å². The van der Waals surface area contributed by atoms with Crippen LogP contribution in [-0.4, -0.2) is 66.0 Å². The Hall–Kier alpha value is -2.45. The molecular formula is C20H27N5O2S. The molecule has 0 bridgehead atoms. The Morgan fingerprint density at radius 1 is 1.21 bits per heavy atom. The zero-order valence-electron chi connectivity index (χ0n) is 16.4. The van der Waals surface area contributed by atoms with Crippen LogP contribution in [-0.2, 0) is 11.2 Å². The summed E-state index contributed by atoms with van der Waals surface area (Å²) in [6, 6.07) is 8.37. The summed E-state index contributed by atoms with van der Waals surface area (Å²) in [5, 5.41) is 6.34. The molecule has 1 saturated heterocycles. The predicted molar refractivity (Wildman–Crippen MR) is 112 cm³/mol. The van der Waals surface area contributed by atoms with Crippen molar-refractivity contribution >= 4 is 28.4 Å². The number of carbonyl (C=O) groups is 2. The predicted octanol–water partition coefficient (Wildman–Crippen LogP) is 2.33. The fourth-order valence-electron chi connectivity index (χ4n) is 3.20. The lowest BCUT2D eigenvalue weighted by Gasteiger charge is -2.34. The number of aryl methyl sites for hydroxylation is 1. The lowest BCUT2D eigenvalue weighted by molar-refractivity contribution is -0.117. The third-order valence-electron chi connectivity index (χ3n) is 4.62. The molecule has 0 aliphatic carbocycles. The number of hydrogen-bond acceptors (Lipinski definition) is 5. The van der Waals surface area contributed by atoms with Crippen molar-refractivity contribution < 1.29 is 9.59 Å². The standard InChI is InChI=1S/C20H27N5O2S/c1-3-21-20(27)25-9-7-24(8-10-25)14-18(26)23-19-22-13-17(28-19)12-16-6-4-5-15(2)11-16/h4-6,11,13H,3,7-10,12,14H2,1-2H3,(H,21,27)(H,22,23,26). The summed E-state index contributed by atoms with van der Waals surface area (Å²) < 4.78 is 0. The summed E-state index contributed by atoms with van der Waals surface area (Å²) in [6.07, 6.45) is 2.64. The molecule has 7 nitrogen and oxygen atoms in total. The van der Waals surface area contributed by atoms with Gasteiger partial charge >= 0.3 is 6.03 Å². The van der Waals surface area contributed by atoms with Crippen LogP contribution in [0.25, 0.3) is 0 Å². The molecule has 1 aliphatic heterocycles. The Bertz CT molecular complexity index is 814. The average molecular weight is 402 g/mol. The van der Waals surface area contributed by atoms with Crippen LogP contribution in [0.3, 0.4) is 0 Å². The van der Waals surface area contributed by atoms with E-state index in [1.165, 1.54) is 22.5 Å². The quantitative estimate of drug-likeness (QED) is 0.779. The summed E-state index contributed by atoms with van der Waals surface area (Å²) >= 11 is 1.51. The molecule has 0 spiro atoms. The minimum Gasteiger partial charge on any atom is -0.338 e. The number of rotatable bonds is 6. The third-order valence-corrected chi connectivity index (χ3v) is 5.53. The number of amides is 3. The molecule has 1 aromatic carbocycles. The maximum absolute atomic E-state index is 12.3. The molecule has 0 unspecified atom stereocenters. The van der Waals surface area contributed by atoms with Gasteiger partial charge in [-0.2, -0.15) is 0 Å². The highest BCUT2D eigenvalue weighted by molar-refractivity contribution is 7.15. The molecule has 1 aromatic heterocycles. The molecule has 0 atom stereocenters. The number of urea groups is 1. The van der Waals surface area contributed by atoms with E-state index in [-0.39, 0.29) is 11.9 Å². The second kappa shape index (κ2) is 9.66. The summed E-state index contributed by atoms with van der Waals surface area (Å²) in [5.41, 5.74) is 2.48. The van der Waals surface area contributed by atoms with Gasteiger partial charge in [-0.3, -0.25) is 9.69 Å². The highest BCUT2D eigenvalue weighted by Gasteiger charge is 2.22. The van der Waals surface area contributed by atoms with Crippen LogP contribution in [0, 0.1) is 6.92 Å². The SMILES string of the molecule is CCNC(=O)N1CCN(CC(=O)Nc2ncc(Cc3cccc(C)c3)s2)CC1. The van der Waals surface area contributed by atoms with E-state index in [9.17, 15) is 9.59 Å². The number of nitrogens with one attached hydrogen (secondary N) is 2. The van der Waals surface area contributed by atoms with E-state index < -0.39 is 0 Å². The van der Waals surface area contributed by atoms with E-state index in [1.54, 1.807) is 4.90 Å². The average Bonchev–Trinajstić information content (AvgIpc) is 3.09. The first kappa shape index (κ1) is 20.3. The Labute approximate surface area is 169 Å². The van der Waals surface area contributed by atoms with Crippen LogP contribution in [0.15, 0.2) is 30.5 Å². The van der Waals surface area contributed by atoms with Gasteiger partial charge in [0.05, 0.1) is 6.54 Å². The Kier molecular flexibility index (Phi) is 7.00. The molecule has 2 aromatic rings. The van der Waals surface area contributed by atoms with Crippen LogP contribution < -0.4 is 10.6 Å². The van der Waals surface area contributed by atoms with Crippen molar-refractivity contribution in [2.24, 2.45) is 0 Å². The molecule has 28 heavy (non-hydrogen) atoms. The van der Waals surface area contributed by atoms with Crippen LogP contribution in [0.5, 0.6) is 0 Å². The minimum absolute atomic E-state index is 0.0319. The number of nitrogens with zero attached hydrogens (tertiary/aromatic N) is 3. The fraction of sp³-hybridized carbons (Fsp3) is 0.450. The molecule has 0 radical (unpaired) electrons. The van der Waals surface area contributed by atoms with Crippen LogP contribution >= 0.6 is 11.3 Å². The summed E-state index contributed by atoms with van der Waals surface area (Å²) in [5.74, 6) is -0.0667. The molecular weight excluding hydrogens is 374 g/mol. The molecule has 8 heteroatoms. The van der Waals surface area contributed by atoms with Gasteiger partial charge in [-0.15, -0.1) is 11.3 Å². The number of piperazine rings is 1. The number of benzene rings is 1. The van der Waals surface area contributed by atoms with Gasteiger partial charge in [0, 0.05) is 50.2 Å². The highest BCUT2D eigenvalue weighted by atomic mass is 32.1. The van der Waals surface area contributed by atoms with Crippen molar-refractivity contribution in [2.75, 3.05) is 44.6 Å². The van der Waals surface area contributed by atoms with Crippen molar-refractivity contribution in [1.29, 1.82) is 0 Å². The first-order valence-corrected chi connectivity index (χ1v) is 10.4. The van der Waals surface area contributed by atoms with E-state index >= 15 is 0 Å². The molecule has 1 fully saturated rings. The molecule has 3 amide bonds. The molecule has 1 aliphatic rings. The molecule has 2 N–H and O–H groups in total. The zero-order chi connectivity index (χ0) is 19.9. The first-order chi connectivity index (χ1) is 13.5. The normalized spacial score (nSPS) is 14.7. The van der Waals surface area contributed by atoms with Crippen molar-refractivity contribution in [2.45, 2.75) is 20.3 Å². The van der Waals surface area contributed by atoms with Crippen LogP contribution in [0.4, 0.5) is 9.93 Å². The van der Waals surface area contributed by atoms with Gasteiger partial charge in [0.15, 0.2) is 5.13 Å². The van der Waals surface area contributed by atoms with E-state index in [4.69, 9.17) is 0 Å². The second-order valence-electron chi connectivity index (χ2n) is 6.94. The van der Waals surface area contributed by atoms with Crippen LogP contribution in [0.1, 0.15) is 22.9 Å². The zero-order valence-corrected chi connectivity index (χ0v) is 17.2. The van der Waals surface area contributed by atoms with Gasteiger partial charge in [0.2, 0.25) is 5.91 Å². The second-order valence-corrected chi connectivity index (χ2v) is 8.06. The molecule has 150 valence electrons. The monoisotopic (exact) mass is 401 g/mol. The van der Waals surface area contributed by atoms with E-state index in [1.807, 2.05) is 13.1 Å². The third kappa shape index (κ3) is 5.77. The molecule has 0 saturated carbocycles. The van der Waals surface area contributed by atoms with Gasteiger partial charge in [0.1, 0.15) is 0 Å². The number of anilines is 1. The summed E-state index contributed by atoms with van der Waals surface area (Å²) in [4.78, 5) is 33.5. The van der Waals surface area contributed by atoms with Crippen molar-refractivity contribution in [3.63, 3.8) is 0 Å². The van der Waals surface area contributed by atoms with Gasteiger partial charge in [-0.05, 0) is 19.4 Å². The van der Waals surface area contributed by atoms with Crippen molar-refractivity contribution in [1.82, 2.24) is 20.1 Å². The van der Waals surface area contributed by atoms with Gasteiger partial charge in [-0.1, -0.05) is 29.8 Å².